The van der Waals surface area contributed by atoms with Crippen molar-refractivity contribution < 1.29 is 0 Å². The van der Waals surface area contributed by atoms with E-state index in [4.69, 9.17) is 0 Å². The molecule has 0 unspecified atom stereocenters. The first-order valence-corrected chi connectivity index (χ1v) is 7.64. The molecule has 2 heterocycles. The summed E-state index contributed by atoms with van der Waals surface area (Å²) >= 11 is 1.69. The van der Waals surface area contributed by atoms with Gasteiger partial charge < -0.3 is 15.2 Å². The Hall–Kier alpha value is -1.82. The van der Waals surface area contributed by atoms with E-state index in [1.54, 1.807) is 11.3 Å². The van der Waals surface area contributed by atoms with E-state index in [0.29, 0.717) is 6.54 Å². The molecule has 0 radical (unpaired) electrons. The van der Waals surface area contributed by atoms with Gasteiger partial charge in [0.05, 0.1) is 6.54 Å². The Balaban J connectivity index is 1.82. The van der Waals surface area contributed by atoms with Crippen molar-refractivity contribution in [2.75, 3.05) is 13.1 Å². The second-order valence-corrected chi connectivity index (χ2v) is 5.73. The smallest absolute Gasteiger partial charge is 0.191 e. The number of hydrogen-bond acceptors (Lipinski definition) is 3. The van der Waals surface area contributed by atoms with Gasteiger partial charge in [-0.05, 0) is 26.0 Å². The third-order valence-electron chi connectivity index (χ3n) is 2.71. The monoisotopic (exact) mass is 291 g/mol. The summed E-state index contributed by atoms with van der Waals surface area (Å²) in [6, 6.07) is 4.06. The van der Waals surface area contributed by atoms with E-state index >= 15 is 0 Å². The second kappa shape index (κ2) is 7.69. The molecule has 20 heavy (non-hydrogen) atoms. The second-order valence-electron chi connectivity index (χ2n) is 4.41. The first-order valence-electron chi connectivity index (χ1n) is 6.82. The first-order chi connectivity index (χ1) is 9.78. The van der Waals surface area contributed by atoms with Gasteiger partial charge in [0.25, 0.3) is 0 Å². The van der Waals surface area contributed by atoms with Crippen molar-refractivity contribution in [3.05, 3.63) is 40.6 Å². The quantitative estimate of drug-likeness (QED) is 0.632. The molecule has 6 heteroatoms. The van der Waals surface area contributed by atoms with E-state index in [1.807, 2.05) is 18.3 Å². The maximum Gasteiger partial charge on any atom is 0.191 e. The molecule has 0 aliphatic heterocycles. The third kappa shape index (κ3) is 4.70. The van der Waals surface area contributed by atoms with Crippen molar-refractivity contribution >= 4 is 17.3 Å². The largest absolute Gasteiger partial charge is 0.357 e. The SMILES string of the molecule is CCNC(=NCc1ncc(C)s1)NCCn1cccc1. The molecule has 0 spiro atoms. The third-order valence-corrected chi connectivity index (χ3v) is 3.61. The van der Waals surface area contributed by atoms with E-state index in [1.165, 1.54) is 4.88 Å². The summed E-state index contributed by atoms with van der Waals surface area (Å²) in [6.07, 6.45) is 6.01. The standard InChI is InChI=1S/C14H21N5S/c1-3-15-14(16-6-9-19-7-4-5-8-19)18-11-13-17-10-12(2)20-13/h4-5,7-8,10H,3,6,9,11H2,1-2H3,(H2,15,16,18). The summed E-state index contributed by atoms with van der Waals surface area (Å²) in [5.74, 6) is 0.840. The van der Waals surface area contributed by atoms with Crippen LogP contribution < -0.4 is 10.6 Å². The van der Waals surface area contributed by atoms with Gasteiger partial charge in [0, 0.05) is 43.1 Å². The normalized spacial score (nSPS) is 11.6. The minimum absolute atomic E-state index is 0.622. The first kappa shape index (κ1) is 14.6. The van der Waals surface area contributed by atoms with Gasteiger partial charge >= 0.3 is 0 Å². The maximum absolute atomic E-state index is 4.55. The van der Waals surface area contributed by atoms with Gasteiger partial charge in [0.1, 0.15) is 5.01 Å². The molecule has 2 aromatic rings. The lowest BCUT2D eigenvalue weighted by Crippen LogP contribution is -2.38. The van der Waals surface area contributed by atoms with Crippen LogP contribution in [0.5, 0.6) is 0 Å². The Labute approximate surface area is 123 Å². The molecule has 0 aliphatic rings. The van der Waals surface area contributed by atoms with Crippen LogP contribution in [0.15, 0.2) is 35.7 Å². The van der Waals surface area contributed by atoms with Crippen molar-refractivity contribution in [2.24, 2.45) is 4.99 Å². The van der Waals surface area contributed by atoms with Gasteiger partial charge in [-0.3, -0.25) is 0 Å². The van der Waals surface area contributed by atoms with Crippen molar-refractivity contribution in [1.82, 2.24) is 20.2 Å². The maximum atomic E-state index is 4.55. The van der Waals surface area contributed by atoms with Crippen LogP contribution in [-0.4, -0.2) is 28.6 Å². The molecule has 108 valence electrons. The van der Waals surface area contributed by atoms with E-state index in [0.717, 1.165) is 30.6 Å². The van der Waals surface area contributed by atoms with Crippen LogP contribution in [0.4, 0.5) is 0 Å². The molecule has 0 aromatic carbocycles. The van der Waals surface area contributed by atoms with Gasteiger partial charge in [-0.1, -0.05) is 0 Å². The zero-order valence-corrected chi connectivity index (χ0v) is 12.8. The zero-order chi connectivity index (χ0) is 14.2. The molecule has 0 aliphatic carbocycles. The fourth-order valence-electron chi connectivity index (χ4n) is 1.79. The number of nitrogens with one attached hydrogen (secondary N) is 2. The highest BCUT2D eigenvalue weighted by Gasteiger charge is 2.00. The predicted molar refractivity (Wildman–Crippen MR) is 84.1 cm³/mol. The number of hydrogen-bond donors (Lipinski definition) is 2. The van der Waals surface area contributed by atoms with Gasteiger partial charge in [0.15, 0.2) is 5.96 Å². The Morgan fingerprint density at radius 1 is 1.35 bits per heavy atom. The molecule has 0 saturated heterocycles. The Morgan fingerprint density at radius 3 is 2.80 bits per heavy atom. The molecule has 0 bridgehead atoms. The van der Waals surface area contributed by atoms with Crippen LogP contribution in [-0.2, 0) is 13.1 Å². The number of guanidine groups is 1. The molecule has 2 rings (SSSR count). The van der Waals surface area contributed by atoms with E-state index in [9.17, 15) is 0 Å². The number of thiazole rings is 1. The van der Waals surface area contributed by atoms with Gasteiger partial charge in [-0.2, -0.15) is 0 Å². The van der Waals surface area contributed by atoms with Crippen LogP contribution in [0.1, 0.15) is 16.8 Å². The molecule has 0 fully saturated rings. The van der Waals surface area contributed by atoms with E-state index < -0.39 is 0 Å². The lowest BCUT2D eigenvalue weighted by atomic mass is 10.6. The topological polar surface area (TPSA) is 54.2 Å². The van der Waals surface area contributed by atoms with Crippen LogP contribution in [0.25, 0.3) is 0 Å². The molecule has 0 atom stereocenters. The summed E-state index contributed by atoms with van der Waals surface area (Å²) in [5.41, 5.74) is 0. The van der Waals surface area contributed by atoms with Crippen molar-refractivity contribution in [2.45, 2.75) is 26.9 Å². The zero-order valence-electron chi connectivity index (χ0n) is 12.0. The fraction of sp³-hybridized carbons (Fsp3) is 0.429. The van der Waals surface area contributed by atoms with Crippen LogP contribution >= 0.6 is 11.3 Å². The number of aliphatic imine (C=N–C) groups is 1. The summed E-state index contributed by atoms with van der Waals surface area (Å²) in [6.45, 7) is 7.37. The van der Waals surface area contributed by atoms with Crippen LogP contribution in [0.2, 0.25) is 0 Å². The van der Waals surface area contributed by atoms with Gasteiger partial charge in [0.2, 0.25) is 0 Å². The summed E-state index contributed by atoms with van der Waals surface area (Å²) in [7, 11) is 0. The molecule has 5 nitrogen and oxygen atoms in total. The lowest BCUT2D eigenvalue weighted by Gasteiger charge is -2.11. The Morgan fingerprint density at radius 2 is 2.15 bits per heavy atom. The van der Waals surface area contributed by atoms with Crippen LogP contribution in [0, 0.1) is 6.92 Å². The summed E-state index contributed by atoms with van der Waals surface area (Å²) in [4.78, 5) is 10.1. The van der Waals surface area contributed by atoms with E-state index in [2.05, 4.69) is 51.4 Å². The number of aryl methyl sites for hydroxylation is 1. The molecule has 2 N–H and O–H groups in total. The molecule has 0 saturated carbocycles. The summed E-state index contributed by atoms with van der Waals surface area (Å²) < 4.78 is 2.14. The van der Waals surface area contributed by atoms with Gasteiger partial charge in [-0.25, -0.2) is 9.98 Å². The minimum atomic E-state index is 0.622. The molecular weight excluding hydrogens is 270 g/mol. The molecule has 2 aromatic heterocycles. The highest BCUT2D eigenvalue weighted by atomic mass is 32.1. The highest BCUT2D eigenvalue weighted by molar-refractivity contribution is 7.11. The fourth-order valence-corrected chi connectivity index (χ4v) is 2.50. The lowest BCUT2D eigenvalue weighted by molar-refractivity contribution is 0.665. The van der Waals surface area contributed by atoms with Crippen molar-refractivity contribution in [3.8, 4) is 0 Å². The van der Waals surface area contributed by atoms with Gasteiger partial charge in [-0.15, -0.1) is 11.3 Å². The van der Waals surface area contributed by atoms with Crippen LogP contribution in [0.3, 0.4) is 0 Å². The van der Waals surface area contributed by atoms with Crippen molar-refractivity contribution in [1.29, 1.82) is 0 Å². The summed E-state index contributed by atoms with van der Waals surface area (Å²) in [5, 5.41) is 7.62. The van der Waals surface area contributed by atoms with E-state index in [-0.39, 0.29) is 0 Å². The Kier molecular flexibility index (Phi) is 5.61. The number of rotatable bonds is 6. The average molecular weight is 291 g/mol. The number of nitrogens with zero attached hydrogens (tertiary/aromatic N) is 3. The molecule has 0 amide bonds. The molecular formula is C14H21N5S. The highest BCUT2D eigenvalue weighted by Crippen LogP contribution is 2.11. The average Bonchev–Trinajstić information content (AvgIpc) is 3.07. The van der Waals surface area contributed by atoms with Crippen molar-refractivity contribution in [3.63, 3.8) is 0 Å². The predicted octanol–water partition coefficient (Wildman–Crippen LogP) is 2.01. The number of aromatic nitrogens is 2. The Bertz CT molecular complexity index is 530. The minimum Gasteiger partial charge on any atom is -0.357 e.